The lowest BCUT2D eigenvalue weighted by molar-refractivity contribution is 0.0555. The summed E-state index contributed by atoms with van der Waals surface area (Å²) >= 11 is 10.4. The van der Waals surface area contributed by atoms with E-state index in [9.17, 15) is 8.78 Å². The molecule has 0 aromatic heterocycles. The Morgan fingerprint density at radius 3 is 1.80 bits per heavy atom. The Morgan fingerprint density at radius 2 is 1.80 bits per heavy atom. The third-order valence-corrected chi connectivity index (χ3v) is 2.14. The zero-order valence-corrected chi connectivity index (χ0v) is 6.59. The van der Waals surface area contributed by atoms with Gasteiger partial charge in [0, 0.05) is 11.8 Å². The monoisotopic (exact) mass is 192 g/mol. The van der Waals surface area contributed by atoms with Gasteiger partial charge in [-0.1, -0.05) is 0 Å². The Labute approximate surface area is 67.6 Å². The second-order valence-electron chi connectivity index (χ2n) is 1.87. The van der Waals surface area contributed by atoms with E-state index in [0.717, 1.165) is 0 Å². The number of rotatable bonds is 4. The van der Waals surface area contributed by atoms with Crippen molar-refractivity contribution in [2.75, 3.05) is 11.8 Å². The highest BCUT2D eigenvalue weighted by Crippen LogP contribution is 2.18. The van der Waals surface area contributed by atoms with Crippen LogP contribution < -0.4 is 11.3 Å². The minimum absolute atomic E-state index is 0.315. The lowest BCUT2D eigenvalue weighted by atomic mass is 10.1. The summed E-state index contributed by atoms with van der Waals surface area (Å²) in [7, 11) is 0. The second-order valence-corrected chi connectivity index (χ2v) is 2.40. The van der Waals surface area contributed by atoms with Gasteiger partial charge in [0.15, 0.2) is 0 Å². The van der Waals surface area contributed by atoms with Crippen LogP contribution >= 0.6 is 23.2 Å². The van der Waals surface area contributed by atoms with Crippen molar-refractivity contribution < 1.29 is 8.78 Å². The Kier molecular flexibility index (Phi) is 4.44. The van der Waals surface area contributed by atoms with Crippen LogP contribution in [0.2, 0.25) is 0 Å². The van der Waals surface area contributed by atoms with Gasteiger partial charge in [-0.05, 0) is 0 Å². The van der Waals surface area contributed by atoms with Crippen molar-refractivity contribution in [3.8, 4) is 0 Å². The van der Waals surface area contributed by atoms with Crippen molar-refractivity contribution >= 4 is 23.2 Å². The van der Waals surface area contributed by atoms with Crippen molar-refractivity contribution in [1.29, 1.82) is 0 Å². The highest BCUT2D eigenvalue weighted by atomic mass is 35.5. The van der Waals surface area contributed by atoms with Crippen molar-refractivity contribution in [3.63, 3.8) is 0 Å². The zero-order valence-electron chi connectivity index (χ0n) is 5.08. The molecule has 0 unspecified atom stereocenters. The molecule has 0 radical (unpaired) electrons. The van der Waals surface area contributed by atoms with E-state index in [1.807, 2.05) is 5.43 Å². The van der Waals surface area contributed by atoms with Crippen LogP contribution in [0.4, 0.5) is 8.78 Å². The van der Waals surface area contributed by atoms with Crippen LogP contribution in [0.3, 0.4) is 0 Å². The first-order chi connectivity index (χ1) is 4.63. The molecule has 0 fully saturated rings. The summed E-state index contributed by atoms with van der Waals surface area (Å²) in [5.41, 5.74) is 0.251. The average Bonchev–Trinajstić information content (AvgIpc) is 1.92. The molecule has 0 aliphatic carbocycles. The lowest BCUT2D eigenvalue weighted by Crippen LogP contribution is -2.58. The number of hydrogen-bond donors (Lipinski definition) is 2. The standard InChI is InChI=1S/C4H8Cl2F2N2/c5-1-4(2-6,10-9)3(7)8/h3,10H,1-2,9H2. The summed E-state index contributed by atoms with van der Waals surface area (Å²) < 4.78 is 24.1. The molecule has 0 spiro atoms. The van der Waals surface area contributed by atoms with Crippen LogP contribution in [0.1, 0.15) is 0 Å². The van der Waals surface area contributed by atoms with Gasteiger partial charge < -0.3 is 0 Å². The lowest BCUT2D eigenvalue weighted by Gasteiger charge is -2.26. The fraction of sp³-hybridized carbons (Fsp3) is 1.00. The maximum absolute atomic E-state index is 12.0. The molecule has 0 rings (SSSR count). The minimum atomic E-state index is -2.66. The number of nitrogens with two attached hydrogens (primary N) is 1. The summed E-state index contributed by atoms with van der Waals surface area (Å²) in [5.74, 6) is 4.20. The predicted octanol–water partition coefficient (Wildman–Crippen LogP) is 0.931. The highest BCUT2D eigenvalue weighted by molar-refractivity contribution is 6.22. The molecule has 0 atom stereocenters. The van der Waals surface area contributed by atoms with Gasteiger partial charge in [0.1, 0.15) is 5.54 Å². The largest absolute Gasteiger partial charge is 0.271 e. The summed E-state index contributed by atoms with van der Waals surface area (Å²) in [4.78, 5) is 0. The molecule has 0 aliphatic heterocycles. The Morgan fingerprint density at radius 1 is 1.40 bits per heavy atom. The first-order valence-electron chi connectivity index (χ1n) is 2.51. The van der Waals surface area contributed by atoms with Crippen molar-refractivity contribution in [1.82, 2.24) is 5.43 Å². The van der Waals surface area contributed by atoms with Gasteiger partial charge in [-0.25, -0.2) is 14.2 Å². The maximum Gasteiger partial charge on any atom is 0.260 e. The van der Waals surface area contributed by atoms with E-state index < -0.39 is 12.0 Å². The third kappa shape index (κ3) is 1.92. The molecule has 0 saturated carbocycles. The number of nitrogens with one attached hydrogen (secondary N) is 1. The molecule has 0 aliphatic rings. The molecule has 0 heterocycles. The van der Waals surface area contributed by atoms with Crippen LogP contribution in [0.25, 0.3) is 0 Å². The van der Waals surface area contributed by atoms with Crippen LogP contribution in [-0.2, 0) is 0 Å². The van der Waals surface area contributed by atoms with Gasteiger partial charge in [-0.3, -0.25) is 5.84 Å². The molecular formula is C4H8Cl2F2N2. The van der Waals surface area contributed by atoms with E-state index in [2.05, 4.69) is 0 Å². The van der Waals surface area contributed by atoms with Crippen LogP contribution in [0.15, 0.2) is 0 Å². The smallest absolute Gasteiger partial charge is 0.260 e. The number of hydrogen-bond acceptors (Lipinski definition) is 2. The quantitative estimate of drug-likeness (QED) is 0.396. The van der Waals surface area contributed by atoms with Gasteiger partial charge in [0.25, 0.3) is 6.43 Å². The van der Waals surface area contributed by atoms with Gasteiger partial charge in [0.2, 0.25) is 0 Å². The molecule has 6 heteroatoms. The molecule has 0 amide bonds. The van der Waals surface area contributed by atoms with Crippen molar-refractivity contribution in [2.24, 2.45) is 5.84 Å². The molecular weight excluding hydrogens is 185 g/mol. The fourth-order valence-electron chi connectivity index (χ4n) is 0.293. The molecule has 0 bridgehead atoms. The van der Waals surface area contributed by atoms with Crippen molar-refractivity contribution in [3.05, 3.63) is 0 Å². The van der Waals surface area contributed by atoms with E-state index in [-0.39, 0.29) is 11.8 Å². The summed E-state index contributed by atoms with van der Waals surface area (Å²) in [6, 6.07) is 0. The van der Waals surface area contributed by atoms with Gasteiger partial charge in [0.05, 0.1) is 0 Å². The van der Waals surface area contributed by atoms with Crippen molar-refractivity contribution in [2.45, 2.75) is 12.0 Å². The van der Waals surface area contributed by atoms with Crippen LogP contribution in [0.5, 0.6) is 0 Å². The summed E-state index contributed by atoms with van der Waals surface area (Å²) in [6.45, 7) is 0. The second kappa shape index (κ2) is 4.28. The number of halogens is 4. The first-order valence-corrected chi connectivity index (χ1v) is 3.57. The maximum atomic E-state index is 12.0. The van der Waals surface area contributed by atoms with Gasteiger partial charge >= 0.3 is 0 Å². The Hall–Kier alpha value is 0.360. The summed E-state index contributed by atoms with van der Waals surface area (Å²) in [5, 5.41) is 0. The Bertz CT molecular complexity index is 89.0. The molecule has 10 heavy (non-hydrogen) atoms. The molecule has 62 valence electrons. The van der Waals surface area contributed by atoms with Gasteiger partial charge in [-0.15, -0.1) is 23.2 Å². The normalized spacial score (nSPS) is 12.6. The van der Waals surface area contributed by atoms with Gasteiger partial charge in [-0.2, -0.15) is 0 Å². The van der Waals surface area contributed by atoms with E-state index in [0.29, 0.717) is 0 Å². The fourth-order valence-corrected chi connectivity index (χ4v) is 0.966. The summed E-state index contributed by atoms with van der Waals surface area (Å²) in [6.07, 6.45) is -2.66. The van der Waals surface area contributed by atoms with E-state index in [1.165, 1.54) is 0 Å². The molecule has 2 nitrogen and oxygen atoms in total. The minimum Gasteiger partial charge on any atom is -0.271 e. The van der Waals surface area contributed by atoms with Crippen LogP contribution in [0, 0.1) is 0 Å². The predicted molar refractivity (Wildman–Crippen MR) is 37.5 cm³/mol. The molecule has 0 aromatic carbocycles. The molecule has 3 N–H and O–H groups in total. The van der Waals surface area contributed by atoms with E-state index in [1.54, 1.807) is 0 Å². The zero-order chi connectivity index (χ0) is 8.20. The molecule has 0 aromatic rings. The third-order valence-electron chi connectivity index (χ3n) is 1.18. The van der Waals surface area contributed by atoms with E-state index in [4.69, 9.17) is 29.0 Å². The van der Waals surface area contributed by atoms with E-state index >= 15 is 0 Å². The topological polar surface area (TPSA) is 38.0 Å². The first kappa shape index (κ1) is 10.4. The number of hydrazine groups is 1. The average molecular weight is 193 g/mol. The van der Waals surface area contributed by atoms with Crippen LogP contribution in [-0.4, -0.2) is 23.7 Å². The highest BCUT2D eigenvalue weighted by Gasteiger charge is 2.37. The molecule has 0 saturated heterocycles. The number of alkyl halides is 4. The SMILES string of the molecule is NNC(CCl)(CCl)C(F)F. The Balaban J connectivity index is 4.15.